The van der Waals surface area contributed by atoms with Crippen molar-refractivity contribution < 1.29 is 29.3 Å². The Kier molecular flexibility index (Phi) is 7.04. The van der Waals surface area contributed by atoms with Crippen LogP contribution < -0.4 is 22.1 Å². The summed E-state index contributed by atoms with van der Waals surface area (Å²) in [6.45, 7) is 0.263. The van der Waals surface area contributed by atoms with Gasteiger partial charge in [-0.3, -0.25) is 14.2 Å². The highest BCUT2D eigenvalue weighted by Crippen LogP contribution is 2.42. The van der Waals surface area contributed by atoms with E-state index >= 15 is 0 Å². The Morgan fingerprint density at radius 2 is 1.79 bits per heavy atom. The van der Waals surface area contributed by atoms with Crippen molar-refractivity contribution in [3.05, 3.63) is 36.2 Å². The Morgan fingerprint density at radius 3 is 2.42 bits per heavy atom. The monoisotopic (exact) mass is 475 g/mol. The van der Waals surface area contributed by atoms with Gasteiger partial charge in [-0.25, -0.2) is 9.97 Å². The number of anilines is 3. The maximum absolute atomic E-state index is 12.7. The number of nitrogen functional groups attached to an aromatic ring is 2. The van der Waals surface area contributed by atoms with E-state index < -0.39 is 37.8 Å². The van der Waals surface area contributed by atoms with E-state index in [1.807, 2.05) is 0 Å². The van der Waals surface area contributed by atoms with Crippen molar-refractivity contribution in [2.75, 3.05) is 22.9 Å². The van der Waals surface area contributed by atoms with Crippen molar-refractivity contribution in [1.29, 1.82) is 0 Å². The van der Waals surface area contributed by atoms with Gasteiger partial charge >= 0.3 is 11.9 Å². The van der Waals surface area contributed by atoms with Gasteiger partial charge < -0.3 is 31.9 Å². The lowest BCUT2D eigenvalue weighted by Crippen LogP contribution is -2.22. The van der Waals surface area contributed by atoms with Crippen molar-refractivity contribution in [3.8, 4) is 0 Å². The van der Waals surface area contributed by atoms with Crippen molar-refractivity contribution >= 4 is 53.2 Å². The predicted molar refractivity (Wildman–Crippen MR) is 120 cm³/mol. The van der Waals surface area contributed by atoms with E-state index in [9.17, 15) is 24.2 Å². The number of fused-ring (bicyclic) bond motifs is 1. The normalized spacial score (nSPS) is 13.8. The molecule has 2 atom stereocenters. The standard InChI is InChI=1S/C19H22N7O6P/c20-16-15-17(26-19(21)25-16)23-8-12(24-15)7-22-11-2-4-13(5-3-11)33(31,32)9-10(18(29)30)1-6-14(27)28/h2-5,8,10,22H,1,6-7,9H2,(H,27,28)(H,29,30)(H,31,32)(H4,20,21,23,25,26). The zero-order valence-electron chi connectivity index (χ0n) is 17.2. The highest BCUT2D eigenvalue weighted by molar-refractivity contribution is 7.66. The number of carboxylic acid groups (broad SMARTS) is 2. The molecule has 1 aromatic carbocycles. The van der Waals surface area contributed by atoms with Crippen LogP contribution in [0.4, 0.5) is 17.5 Å². The topological polar surface area (TPSA) is 228 Å². The molecule has 0 amide bonds. The number of nitrogens with one attached hydrogen (secondary N) is 1. The van der Waals surface area contributed by atoms with Crippen molar-refractivity contribution in [1.82, 2.24) is 19.9 Å². The molecule has 14 heteroatoms. The number of carbonyl (C=O) groups is 2. The molecule has 0 radical (unpaired) electrons. The van der Waals surface area contributed by atoms with Crippen molar-refractivity contribution in [2.45, 2.75) is 19.4 Å². The second-order valence-electron chi connectivity index (χ2n) is 7.25. The highest BCUT2D eigenvalue weighted by atomic mass is 31.2. The SMILES string of the molecule is Nc1nc(N)c2nc(CNc3ccc(P(=O)(O)CC(CCC(=O)O)C(=O)O)cc3)cnc2n1. The number of hydrogen-bond donors (Lipinski definition) is 6. The Hall–Kier alpha value is -3.83. The van der Waals surface area contributed by atoms with Gasteiger partial charge in [-0.1, -0.05) is 0 Å². The lowest BCUT2D eigenvalue weighted by atomic mass is 10.1. The largest absolute Gasteiger partial charge is 0.481 e. The fourth-order valence-corrected chi connectivity index (χ4v) is 4.83. The fraction of sp³-hybridized carbons (Fsp3) is 0.263. The first kappa shape index (κ1) is 23.8. The van der Waals surface area contributed by atoms with Gasteiger partial charge in [0.1, 0.15) is 0 Å². The van der Waals surface area contributed by atoms with Crippen LogP contribution in [0, 0.1) is 5.92 Å². The molecule has 2 aromatic heterocycles. The third kappa shape index (κ3) is 6.11. The van der Waals surface area contributed by atoms with Gasteiger partial charge in [-0.15, -0.1) is 0 Å². The number of nitrogens with two attached hydrogens (primary N) is 2. The van der Waals surface area contributed by atoms with Crippen LogP contribution in [-0.4, -0.2) is 53.1 Å². The van der Waals surface area contributed by atoms with Crippen LogP contribution >= 0.6 is 7.37 Å². The Morgan fingerprint density at radius 1 is 1.09 bits per heavy atom. The molecule has 13 nitrogen and oxygen atoms in total. The minimum atomic E-state index is -4.01. The van der Waals surface area contributed by atoms with Crippen LogP contribution in [0.3, 0.4) is 0 Å². The third-order valence-electron chi connectivity index (χ3n) is 4.77. The molecular weight excluding hydrogens is 453 g/mol. The number of nitrogens with zero attached hydrogens (tertiary/aromatic N) is 4. The molecule has 0 fully saturated rings. The molecule has 0 saturated carbocycles. The molecule has 2 unspecified atom stereocenters. The van der Waals surface area contributed by atoms with Gasteiger partial charge in [-0.05, 0) is 30.7 Å². The summed E-state index contributed by atoms with van der Waals surface area (Å²) in [5.74, 6) is -3.61. The zero-order chi connectivity index (χ0) is 24.2. The smallest absolute Gasteiger partial charge is 0.307 e. The summed E-state index contributed by atoms with van der Waals surface area (Å²) in [7, 11) is -4.01. The summed E-state index contributed by atoms with van der Waals surface area (Å²) < 4.78 is 12.7. The third-order valence-corrected chi connectivity index (χ3v) is 6.81. The minimum Gasteiger partial charge on any atom is -0.481 e. The highest BCUT2D eigenvalue weighted by Gasteiger charge is 2.30. The average molecular weight is 475 g/mol. The fourth-order valence-electron chi connectivity index (χ4n) is 3.07. The first-order valence-corrected chi connectivity index (χ1v) is 11.5. The van der Waals surface area contributed by atoms with E-state index in [-0.39, 0.29) is 35.7 Å². The number of aliphatic carboxylic acids is 2. The van der Waals surface area contributed by atoms with Crippen molar-refractivity contribution in [2.24, 2.45) is 5.92 Å². The molecule has 174 valence electrons. The summed E-state index contributed by atoms with van der Waals surface area (Å²) in [6, 6.07) is 5.97. The van der Waals surface area contributed by atoms with Gasteiger partial charge in [0.05, 0.1) is 24.4 Å². The van der Waals surface area contributed by atoms with E-state index in [0.717, 1.165) is 0 Å². The molecule has 3 aromatic rings. The van der Waals surface area contributed by atoms with Gasteiger partial charge in [0, 0.05) is 23.6 Å². The molecule has 0 aliphatic rings. The second-order valence-corrected chi connectivity index (χ2v) is 9.54. The number of benzene rings is 1. The average Bonchev–Trinajstić information content (AvgIpc) is 2.75. The van der Waals surface area contributed by atoms with Crippen LogP contribution in [0.5, 0.6) is 0 Å². The summed E-state index contributed by atoms with van der Waals surface area (Å²) in [5.41, 5.74) is 13.1. The number of carboxylic acids is 2. The quantitative estimate of drug-likeness (QED) is 0.222. The summed E-state index contributed by atoms with van der Waals surface area (Å²) >= 11 is 0. The van der Waals surface area contributed by atoms with Crippen LogP contribution in [0.2, 0.25) is 0 Å². The van der Waals surface area contributed by atoms with Crippen LogP contribution in [0.25, 0.3) is 11.2 Å². The van der Waals surface area contributed by atoms with Crippen LogP contribution in [0.15, 0.2) is 30.5 Å². The molecule has 8 N–H and O–H groups in total. The van der Waals surface area contributed by atoms with E-state index in [1.165, 1.54) is 18.3 Å². The Bertz CT molecular complexity index is 1240. The molecule has 0 aliphatic heterocycles. The zero-order valence-corrected chi connectivity index (χ0v) is 18.1. The van der Waals surface area contributed by atoms with E-state index in [1.54, 1.807) is 12.1 Å². The molecule has 0 saturated heterocycles. The van der Waals surface area contributed by atoms with E-state index in [4.69, 9.17) is 16.6 Å². The Labute approximate surface area is 187 Å². The number of hydrogen-bond acceptors (Lipinski definition) is 10. The molecule has 0 bridgehead atoms. The van der Waals surface area contributed by atoms with E-state index in [0.29, 0.717) is 16.9 Å². The minimum absolute atomic E-state index is 0.00185. The van der Waals surface area contributed by atoms with Crippen molar-refractivity contribution in [3.63, 3.8) is 0 Å². The van der Waals surface area contributed by atoms with Gasteiger partial charge in [-0.2, -0.15) is 9.97 Å². The lowest BCUT2D eigenvalue weighted by molar-refractivity contribution is -0.142. The maximum atomic E-state index is 12.7. The first-order valence-electron chi connectivity index (χ1n) is 9.70. The second kappa shape index (κ2) is 9.76. The van der Waals surface area contributed by atoms with Crippen LogP contribution in [0.1, 0.15) is 18.5 Å². The molecule has 0 aliphatic carbocycles. The maximum Gasteiger partial charge on any atom is 0.307 e. The first-order chi connectivity index (χ1) is 15.5. The van der Waals surface area contributed by atoms with Gasteiger partial charge in [0.2, 0.25) is 13.3 Å². The molecule has 0 spiro atoms. The number of aromatic nitrogens is 4. The van der Waals surface area contributed by atoms with Gasteiger partial charge in [0.15, 0.2) is 17.0 Å². The summed E-state index contributed by atoms with van der Waals surface area (Å²) in [4.78, 5) is 48.8. The Balaban J connectivity index is 1.67. The molecule has 2 heterocycles. The van der Waals surface area contributed by atoms with Crippen LogP contribution in [-0.2, 0) is 20.7 Å². The lowest BCUT2D eigenvalue weighted by Gasteiger charge is -2.17. The predicted octanol–water partition coefficient (Wildman–Crippen LogP) is 0.658. The molecule has 33 heavy (non-hydrogen) atoms. The molecular formula is C19H22N7O6P. The van der Waals surface area contributed by atoms with E-state index in [2.05, 4.69) is 25.3 Å². The molecule has 3 rings (SSSR count). The number of rotatable bonds is 10. The van der Waals surface area contributed by atoms with Gasteiger partial charge in [0.25, 0.3) is 0 Å². The summed E-state index contributed by atoms with van der Waals surface area (Å²) in [6.07, 6.45) is 0.316. The summed E-state index contributed by atoms with van der Waals surface area (Å²) in [5, 5.41) is 21.1.